The normalized spacial score (nSPS) is 55.3. The average molecular weight is 520 g/mol. The van der Waals surface area contributed by atoms with Gasteiger partial charge in [0.2, 0.25) is 0 Å². The van der Waals surface area contributed by atoms with Crippen LogP contribution in [0.15, 0.2) is 30.5 Å². The number of aromatic nitrogens is 1. The van der Waals surface area contributed by atoms with Crippen LogP contribution in [0.3, 0.4) is 0 Å². The van der Waals surface area contributed by atoms with Crippen LogP contribution in [0.1, 0.15) is 57.4 Å². The summed E-state index contributed by atoms with van der Waals surface area (Å²) in [5, 5.41) is 50.0. The van der Waals surface area contributed by atoms with Crippen molar-refractivity contribution in [1.82, 2.24) is 4.98 Å². The van der Waals surface area contributed by atoms with Gasteiger partial charge in [0.25, 0.3) is 0 Å². The minimum atomic E-state index is -2.29. The van der Waals surface area contributed by atoms with E-state index in [0.717, 1.165) is 0 Å². The number of carbonyl (C=O) groups is 1. The number of ether oxygens (including phenoxy) is 4. The van der Waals surface area contributed by atoms with E-state index in [1.54, 1.807) is 32.2 Å². The fraction of sp³-hybridized carbons (Fsp3) is 0.741. The monoisotopic (exact) mass is 519 g/mol. The maximum atomic E-state index is 13.5. The Kier molecular flexibility index (Phi) is 4.59. The summed E-state index contributed by atoms with van der Waals surface area (Å²) >= 11 is 0. The summed E-state index contributed by atoms with van der Waals surface area (Å²) in [4.78, 5) is 16.3. The summed E-state index contributed by atoms with van der Waals surface area (Å²) < 4.78 is 25.3. The quantitative estimate of drug-likeness (QED) is 0.284. The number of esters is 1. The van der Waals surface area contributed by atoms with E-state index in [2.05, 4.69) is 11.6 Å². The SMILES string of the molecule is C=C1CC[C@]2(O)[C@]3(C)C[C@]4(O)O[C@@]2([C@@H]1O)[C@]1(O)[C@@]3(OC)[C@H](OC(=O)c2ccc[nH]2)[C@](OC)(C(C)C)[C@]14C. The van der Waals surface area contributed by atoms with Crippen molar-refractivity contribution in [3.63, 3.8) is 0 Å². The molecule has 6 fully saturated rings. The van der Waals surface area contributed by atoms with Crippen LogP contribution in [0.25, 0.3) is 0 Å². The number of hydrogen-bond donors (Lipinski definition) is 5. The van der Waals surface area contributed by atoms with Gasteiger partial charge in [0.1, 0.15) is 34.2 Å². The lowest BCUT2D eigenvalue weighted by molar-refractivity contribution is -0.384. The predicted molar refractivity (Wildman–Crippen MR) is 128 cm³/mol. The Labute approximate surface area is 215 Å². The lowest BCUT2D eigenvalue weighted by atomic mass is 9.52. The van der Waals surface area contributed by atoms with Gasteiger partial charge in [-0.3, -0.25) is 0 Å². The number of aliphatic hydroxyl groups excluding tert-OH is 1. The summed E-state index contributed by atoms with van der Waals surface area (Å²) in [6, 6.07) is 3.22. The first-order chi connectivity index (χ1) is 17.1. The van der Waals surface area contributed by atoms with Gasteiger partial charge in [-0.2, -0.15) is 0 Å². The number of H-pyrrole nitrogens is 1. The van der Waals surface area contributed by atoms with Crippen molar-refractivity contribution in [2.24, 2.45) is 16.7 Å². The van der Waals surface area contributed by atoms with Gasteiger partial charge in [0.05, 0.1) is 5.41 Å². The second-order valence-corrected chi connectivity index (χ2v) is 12.3. The maximum absolute atomic E-state index is 13.5. The van der Waals surface area contributed by atoms with Crippen LogP contribution in [0, 0.1) is 16.7 Å². The lowest BCUT2D eigenvalue weighted by Gasteiger charge is -2.60. The molecule has 1 spiro atoms. The second kappa shape index (κ2) is 6.67. The average Bonchev–Trinajstić information content (AvgIpc) is 3.46. The predicted octanol–water partition coefficient (Wildman–Crippen LogP) is 1.04. The first-order valence-corrected chi connectivity index (χ1v) is 12.8. The van der Waals surface area contributed by atoms with Crippen molar-refractivity contribution in [2.45, 2.75) is 93.0 Å². The highest BCUT2D eigenvalue weighted by Gasteiger charge is 3.10. The van der Waals surface area contributed by atoms with Crippen LogP contribution < -0.4 is 0 Å². The number of carbonyl (C=O) groups excluding carboxylic acids is 1. The molecule has 2 saturated heterocycles. The van der Waals surface area contributed by atoms with Gasteiger partial charge in [0.15, 0.2) is 17.5 Å². The molecule has 5 N–H and O–H groups in total. The summed E-state index contributed by atoms with van der Waals surface area (Å²) in [7, 11) is 2.82. The molecule has 0 aromatic carbocycles. The minimum Gasteiger partial charge on any atom is -0.451 e. The summed E-state index contributed by atoms with van der Waals surface area (Å²) in [6.07, 6.45) is -1.06. The lowest BCUT2D eigenvalue weighted by Crippen LogP contribution is -2.74. The topological polar surface area (TPSA) is 151 Å². The van der Waals surface area contributed by atoms with E-state index in [4.69, 9.17) is 18.9 Å². The van der Waals surface area contributed by atoms with E-state index in [9.17, 15) is 25.2 Å². The second-order valence-electron chi connectivity index (χ2n) is 12.3. The molecule has 4 aliphatic carbocycles. The fourth-order valence-corrected chi connectivity index (χ4v) is 10.3. The van der Waals surface area contributed by atoms with Gasteiger partial charge < -0.3 is 44.4 Å². The zero-order valence-electron chi connectivity index (χ0n) is 22.1. The van der Waals surface area contributed by atoms with Crippen LogP contribution in [0.4, 0.5) is 0 Å². The largest absolute Gasteiger partial charge is 0.451 e. The highest BCUT2D eigenvalue weighted by molar-refractivity contribution is 5.87. The molecule has 0 amide bonds. The molecule has 3 heterocycles. The Balaban J connectivity index is 1.75. The number of hydrogen-bond acceptors (Lipinski definition) is 9. The third-order valence-corrected chi connectivity index (χ3v) is 11.5. The maximum Gasteiger partial charge on any atom is 0.355 e. The molecule has 10 atom stereocenters. The molecule has 7 rings (SSSR count). The molecule has 10 heteroatoms. The number of aromatic amines is 1. The molecular weight excluding hydrogens is 482 g/mol. The zero-order chi connectivity index (χ0) is 27.2. The molecule has 1 aromatic rings. The Bertz CT molecular complexity index is 1200. The van der Waals surface area contributed by atoms with E-state index < -0.39 is 68.7 Å². The molecule has 6 aliphatic rings. The molecule has 2 aliphatic heterocycles. The van der Waals surface area contributed by atoms with Gasteiger partial charge in [-0.15, -0.1) is 0 Å². The van der Waals surface area contributed by atoms with E-state index in [1.807, 2.05) is 13.8 Å². The first kappa shape index (κ1) is 25.5. The van der Waals surface area contributed by atoms with E-state index >= 15 is 0 Å². The fourth-order valence-electron chi connectivity index (χ4n) is 10.3. The minimum absolute atomic E-state index is 0.0952. The summed E-state index contributed by atoms with van der Waals surface area (Å²) in [5.41, 5.74) is -12.4. The standard InChI is InChI=1S/C27H37NO9/c1-14(2)24(34-6)19(36-18(30)16-9-8-12-28-16)26(35-7)20(4)13-23(32)21(24,5)27(26,33)25(37-23)17(29)15(3)10-11-22(20,25)31/h8-9,12,14,17,19,28-29,31-33H,3,10-11,13H2,1-2,4-7H3/t17-,19-,20+,21-,22+,23+,24-,25-,26-,27+/m1/s1. The highest BCUT2D eigenvalue weighted by Crippen LogP contribution is 2.91. The van der Waals surface area contributed by atoms with E-state index in [0.29, 0.717) is 5.57 Å². The zero-order valence-corrected chi connectivity index (χ0v) is 22.1. The number of methoxy groups -OCH3 is 2. The molecular formula is C27H37NO9. The van der Waals surface area contributed by atoms with Crippen LogP contribution in [0.2, 0.25) is 0 Å². The molecule has 6 bridgehead atoms. The van der Waals surface area contributed by atoms with Gasteiger partial charge in [-0.1, -0.05) is 27.4 Å². The van der Waals surface area contributed by atoms with Gasteiger partial charge in [-0.25, -0.2) is 4.79 Å². The molecule has 10 nitrogen and oxygen atoms in total. The van der Waals surface area contributed by atoms with Gasteiger partial charge in [0, 0.05) is 32.3 Å². The number of aliphatic hydroxyl groups is 4. The van der Waals surface area contributed by atoms with Crippen molar-refractivity contribution in [3.8, 4) is 0 Å². The van der Waals surface area contributed by atoms with Crippen LogP contribution >= 0.6 is 0 Å². The Morgan fingerprint density at radius 3 is 2.43 bits per heavy atom. The summed E-state index contributed by atoms with van der Waals surface area (Å²) in [6.45, 7) is 11.0. The molecule has 0 radical (unpaired) electrons. The Hall–Kier alpha value is -1.79. The van der Waals surface area contributed by atoms with Gasteiger partial charge >= 0.3 is 5.97 Å². The smallest absolute Gasteiger partial charge is 0.355 e. The van der Waals surface area contributed by atoms with E-state index in [-0.39, 0.29) is 25.0 Å². The van der Waals surface area contributed by atoms with E-state index in [1.165, 1.54) is 14.2 Å². The Morgan fingerprint density at radius 1 is 1.22 bits per heavy atom. The van der Waals surface area contributed by atoms with Crippen molar-refractivity contribution >= 4 is 5.97 Å². The third-order valence-electron chi connectivity index (χ3n) is 11.5. The van der Waals surface area contributed by atoms with Crippen molar-refractivity contribution < 1.29 is 44.2 Å². The van der Waals surface area contributed by atoms with Crippen molar-refractivity contribution in [2.75, 3.05) is 14.2 Å². The molecule has 4 saturated carbocycles. The van der Waals surface area contributed by atoms with Crippen molar-refractivity contribution in [3.05, 3.63) is 36.2 Å². The van der Waals surface area contributed by atoms with Crippen molar-refractivity contribution in [1.29, 1.82) is 0 Å². The third kappa shape index (κ3) is 1.89. The van der Waals surface area contributed by atoms with Crippen LogP contribution in [-0.2, 0) is 18.9 Å². The van der Waals surface area contributed by atoms with Crippen LogP contribution in [0.5, 0.6) is 0 Å². The number of nitrogens with one attached hydrogen (secondary N) is 1. The van der Waals surface area contributed by atoms with Gasteiger partial charge in [-0.05, 0) is 43.4 Å². The highest BCUT2D eigenvalue weighted by atomic mass is 16.7. The molecule has 37 heavy (non-hydrogen) atoms. The molecule has 204 valence electrons. The number of rotatable bonds is 5. The Morgan fingerprint density at radius 2 is 1.89 bits per heavy atom. The molecule has 1 aromatic heterocycles. The first-order valence-electron chi connectivity index (χ1n) is 12.8. The molecule has 0 unspecified atom stereocenters. The summed E-state index contributed by atoms with van der Waals surface area (Å²) in [5.74, 6) is -3.26. The van der Waals surface area contributed by atoms with Crippen LogP contribution in [-0.4, -0.2) is 91.6 Å².